The maximum absolute atomic E-state index is 11.6. The first-order valence-electron chi connectivity index (χ1n) is 7.70. The summed E-state index contributed by atoms with van der Waals surface area (Å²) in [5, 5.41) is 44.5. The third kappa shape index (κ3) is 1.12. The Hall–Kier alpha value is -0.240. The maximum Gasteiger partial charge on any atom is 0.199 e. The van der Waals surface area contributed by atoms with Gasteiger partial charge in [-0.05, 0) is 25.7 Å². The molecule has 5 aliphatic rings. The molecule has 6 heteroatoms. The van der Waals surface area contributed by atoms with Crippen LogP contribution in [0.3, 0.4) is 0 Å². The average Bonchev–Trinajstić information content (AvgIpc) is 2.61. The summed E-state index contributed by atoms with van der Waals surface area (Å²) in [5.74, 6) is -1.82. The van der Waals surface area contributed by atoms with Crippen molar-refractivity contribution in [2.75, 3.05) is 6.61 Å². The third-order valence-corrected chi connectivity index (χ3v) is 7.50. The Morgan fingerprint density at radius 3 is 2.48 bits per heavy atom. The van der Waals surface area contributed by atoms with E-state index in [-0.39, 0.29) is 18.9 Å². The lowest BCUT2D eigenvalue weighted by Gasteiger charge is -2.68. The molecule has 2 aliphatic carbocycles. The van der Waals surface area contributed by atoms with Crippen LogP contribution >= 0.6 is 0 Å². The van der Waals surface area contributed by atoms with Crippen LogP contribution in [0, 0.1) is 16.7 Å². The molecule has 2 saturated carbocycles. The molecule has 0 radical (unpaired) electrons. The predicted octanol–water partition coefficient (Wildman–Crippen LogP) is -0.269. The highest BCUT2D eigenvalue weighted by molar-refractivity contribution is 5.30. The molecule has 0 aromatic carbocycles. The number of aliphatic hydroxyl groups is 4. The zero-order valence-electron chi connectivity index (χ0n) is 12.7. The number of hydrogen-bond donors (Lipinski definition) is 4. The van der Waals surface area contributed by atoms with Gasteiger partial charge in [0.2, 0.25) is 0 Å². The van der Waals surface area contributed by atoms with E-state index in [0.717, 1.165) is 6.42 Å². The summed E-state index contributed by atoms with van der Waals surface area (Å²) in [7, 11) is 0. The smallest absolute Gasteiger partial charge is 0.199 e. The first kappa shape index (κ1) is 14.4. The maximum atomic E-state index is 11.6. The van der Waals surface area contributed by atoms with E-state index in [4.69, 9.17) is 9.47 Å². The van der Waals surface area contributed by atoms with Gasteiger partial charge >= 0.3 is 0 Å². The lowest BCUT2D eigenvalue weighted by atomic mass is 9.43. The molecular weight excluding hydrogens is 276 g/mol. The quantitative estimate of drug-likeness (QED) is 0.491. The van der Waals surface area contributed by atoms with Crippen LogP contribution in [0.2, 0.25) is 0 Å². The van der Waals surface area contributed by atoms with E-state index in [9.17, 15) is 20.4 Å². The molecule has 1 spiro atoms. The summed E-state index contributed by atoms with van der Waals surface area (Å²) in [5.41, 5.74) is -5.01. The van der Waals surface area contributed by atoms with Crippen molar-refractivity contribution in [1.29, 1.82) is 0 Å². The summed E-state index contributed by atoms with van der Waals surface area (Å²) in [6.45, 7) is 5.25. The second-order valence-electron chi connectivity index (χ2n) is 7.95. The molecule has 0 aromatic heterocycles. The molecule has 0 aromatic rings. The molecule has 0 amide bonds. The molecule has 8 atom stereocenters. The second-order valence-corrected chi connectivity index (χ2v) is 7.95. The minimum atomic E-state index is -1.83. The van der Waals surface area contributed by atoms with Crippen LogP contribution in [-0.4, -0.2) is 56.4 Å². The Kier molecular flexibility index (Phi) is 2.37. The van der Waals surface area contributed by atoms with Crippen molar-refractivity contribution in [3.8, 4) is 0 Å². The topological polar surface area (TPSA) is 99.4 Å². The van der Waals surface area contributed by atoms with Gasteiger partial charge < -0.3 is 29.9 Å². The molecule has 6 nitrogen and oxygen atoms in total. The van der Waals surface area contributed by atoms with Crippen molar-refractivity contribution in [2.24, 2.45) is 16.7 Å². The summed E-state index contributed by atoms with van der Waals surface area (Å²) < 4.78 is 11.2. The standard InChI is InChI=1S/C15H24O6/c1-8-4-5-14(18)11(2)7-20-10-9(16)13(8,14)6-15(19,21-10)12(11,3)17/h8-10,16-19H,4-7H2,1-3H3/t8-,9+,10?,11+,12-,13-,14+,15-/m1/s1. The van der Waals surface area contributed by atoms with Crippen LogP contribution in [0.4, 0.5) is 0 Å². The van der Waals surface area contributed by atoms with Crippen LogP contribution < -0.4 is 0 Å². The molecule has 4 N–H and O–H groups in total. The van der Waals surface area contributed by atoms with Crippen LogP contribution in [0.25, 0.3) is 0 Å². The number of rotatable bonds is 0. The van der Waals surface area contributed by atoms with Gasteiger partial charge in [0.15, 0.2) is 12.1 Å². The molecule has 1 unspecified atom stereocenters. The molecule has 3 saturated heterocycles. The van der Waals surface area contributed by atoms with Gasteiger partial charge in [-0.3, -0.25) is 0 Å². The number of hydrogen-bond acceptors (Lipinski definition) is 6. The number of aliphatic hydroxyl groups excluding tert-OH is 1. The summed E-state index contributed by atoms with van der Waals surface area (Å²) in [6, 6.07) is 0. The Morgan fingerprint density at radius 2 is 1.81 bits per heavy atom. The number of fused-ring (bicyclic) bond motifs is 1. The molecule has 5 rings (SSSR count). The summed E-state index contributed by atoms with van der Waals surface area (Å²) >= 11 is 0. The molecule has 5 fully saturated rings. The molecular formula is C15H24O6. The second kappa shape index (κ2) is 3.47. The fraction of sp³-hybridized carbons (Fsp3) is 1.00. The highest BCUT2D eigenvalue weighted by atomic mass is 16.8. The lowest BCUT2D eigenvalue weighted by molar-refractivity contribution is -0.448. The Labute approximate surface area is 123 Å². The Bertz CT molecular complexity index is 506. The van der Waals surface area contributed by atoms with Crippen molar-refractivity contribution >= 4 is 0 Å². The first-order chi connectivity index (χ1) is 9.56. The van der Waals surface area contributed by atoms with E-state index in [1.54, 1.807) is 6.92 Å². The van der Waals surface area contributed by atoms with Crippen molar-refractivity contribution in [3.05, 3.63) is 0 Å². The minimum absolute atomic E-state index is 0.00699. The summed E-state index contributed by atoms with van der Waals surface area (Å²) in [6.07, 6.45) is -0.808. The van der Waals surface area contributed by atoms with E-state index in [1.807, 2.05) is 6.92 Å². The normalized spacial score (nSPS) is 69.0. The lowest BCUT2D eigenvalue weighted by Crippen LogP contribution is -2.82. The van der Waals surface area contributed by atoms with Crippen LogP contribution in [0.1, 0.15) is 40.0 Å². The fourth-order valence-corrected chi connectivity index (χ4v) is 5.77. The minimum Gasteiger partial charge on any atom is -0.388 e. The van der Waals surface area contributed by atoms with Gasteiger partial charge in [-0.25, -0.2) is 0 Å². The van der Waals surface area contributed by atoms with Gasteiger partial charge in [0.1, 0.15) is 11.7 Å². The molecule has 21 heavy (non-hydrogen) atoms. The zero-order valence-corrected chi connectivity index (χ0v) is 12.7. The fourth-order valence-electron chi connectivity index (χ4n) is 5.77. The van der Waals surface area contributed by atoms with Gasteiger partial charge in [-0.2, -0.15) is 0 Å². The van der Waals surface area contributed by atoms with Crippen LogP contribution in [0.15, 0.2) is 0 Å². The van der Waals surface area contributed by atoms with E-state index in [1.165, 1.54) is 6.92 Å². The highest BCUT2D eigenvalue weighted by Crippen LogP contribution is 2.74. The van der Waals surface area contributed by atoms with Gasteiger partial charge in [0.05, 0.1) is 17.6 Å². The third-order valence-electron chi connectivity index (χ3n) is 7.50. The molecule has 3 heterocycles. The van der Waals surface area contributed by atoms with Gasteiger partial charge in [0.25, 0.3) is 0 Å². The zero-order chi connectivity index (χ0) is 15.5. The monoisotopic (exact) mass is 300 g/mol. The van der Waals surface area contributed by atoms with E-state index in [0.29, 0.717) is 6.42 Å². The van der Waals surface area contributed by atoms with Gasteiger partial charge in [-0.15, -0.1) is 0 Å². The molecule has 3 aliphatic heterocycles. The molecule has 4 bridgehead atoms. The van der Waals surface area contributed by atoms with Crippen molar-refractivity contribution < 1.29 is 29.9 Å². The van der Waals surface area contributed by atoms with Crippen molar-refractivity contribution in [2.45, 2.75) is 69.4 Å². The van der Waals surface area contributed by atoms with Crippen LogP contribution in [-0.2, 0) is 9.47 Å². The van der Waals surface area contributed by atoms with Crippen LogP contribution in [0.5, 0.6) is 0 Å². The predicted molar refractivity (Wildman–Crippen MR) is 70.9 cm³/mol. The van der Waals surface area contributed by atoms with Gasteiger partial charge in [-0.1, -0.05) is 13.8 Å². The van der Waals surface area contributed by atoms with E-state index in [2.05, 4.69) is 0 Å². The highest BCUT2D eigenvalue weighted by Gasteiger charge is 2.85. The largest absolute Gasteiger partial charge is 0.388 e. The van der Waals surface area contributed by atoms with Gasteiger partial charge in [0, 0.05) is 11.8 Å². The summed E-state index contributed by atoms with van der Waals surface area (Å²) in [4.78, 5) is 0. The Morgan fingerprint density at radius 1 is 1.14 bits per heavy atom. The first-order valence-corrected chi connectivity index (χ1v) is 7.70. The average molecular weight is 300 g/mol. The van der Waals surface area contributed by atoms with E-state index < -0.39 is 40.2 Å². The van der Waals surface area contributed by atoms with Crippen molar-refractivity contribution in [1.82, 2.24) is 0 Å². The van der Waals surface area contributed by atoms with Crippen molar-refractivity contribution in [3.63, 3.8) is 0 Å². The molecule has 120 valence electrons. The van der Waals surface area contributed by atoms with E-state index >= 15 is 0 Å². The number of ether oxygens (including phenoxy) is 2. The SMILES string of the molecule is C[C@@H]1CC[C@@]2(O)[C@]13C[C@@]1(O)OC(OC[C@@]2(C)[C@@]1(C)O)[C@@H]3O. The Balaban J connectivity index is 2.05.